The minimum absolute atomic E-state index is 0.0860. The molecule has 1 aromatic rings. The van der Waals surface area contributed by atoms with E-state index in [1.54, 1.807) is 0 Å². The first-order valence-corrected chi connectivity index (χ1v) is 7.67. The van der Waals surface area contributed by atoms with Crippen LogP contribution in [-0.4, -0.2) is 44.5 Å². The lowest BCUT2D eigenvalue weighted by molar-refractivity contribution is 0.0692. The van der Waals surface area contributed by atoms with Crippen LogP contribution in [0.4, 0.5) is 0 Å². The van der Waals surface area contributed by atoms with Gasteiger partial charge in [-0.3, -0.25) is 0 Å². The quantitative estimate of drug-likeness (QED) is 0.778. The van der Waals surface area contributed by atoms with E-state index >= 15 is 0 Å². The molecule has 116 valence electrons. The standard InChI is InChI=1S/C14H19NO5S/c1-10(2)7-8-20-13-6-5-11(9-12(13)14(16)17)21(18,19)15(3)4/h5-6,9H,1,7-8H2,2-4H3,(H,16,17). The van der Waals surface area contributed by atoms with Crippen molar-refractivity contribution >= 4 is 16.0 Å². The number of aromatic carboxylic acids is 1. The van der Waals surface area contributed by atoms with Crippen molar-refractivity contribution < 1.29 is 23.1 Å². The van der Waals surface area contributed by atoms with Crippen LogP contribution in [0, 0.1) is 0 Å². The van der Waals surface area contributed by atoms with Gasteiger partial charge in [0.25, 0.3) is 0 Å². The third kappa shape index (κ3) is 4.30. The van der Waals surface area contributed by atoms with Gasteiger partial charge in [-0.25, -0.2) is 17.5 Å². The van der Waals surface area contributed by atoms with Gasteiger partial charge < -0.3 is 9.84 Å². The van der Waals surface area contributed by atoms with Crippen molar-refractivity contribution in [3.8, 4) is 5.75 Å². The molecule has 0 heterocycles. The number of carboxylic acid groups (broad SMARTS) is 1. The molecule has 0 spiro atoms. The molecule has 0 amide bonds. The second-order valence-corrected chi connectivity index (χ2v) is 6.96. The zero-order chi connectivity index (χ0) is 16.2. The van der Waals surface area contributed by atoms with E-state index in [1.807, 2.05) is 6.92 Å². The van der Waals surface area contributed by atoms with Crippen molar-refractivity contribution in [1.29, 1.82) is 0 Å². The molecule has 0 atom stereocenters. The summed E-state index contributed by atoms with van der Waals surface area (Å²) in [6.45, 7) is 5.86. The van der Waals surface area contributed by atoms with Gasteiger partial charge in [0.15, 0.2) is 0 Å². The van der Waals surface area contributed by atoms with Crippen LogP contribution in [-0.2, 0) is 10.0 Å². The Hall–Kier alpha value is -1.86. The van der Waals surface area contributed by atoms with E-state index in [0.29, 0.717) is 6.42 Å². The van der Waals surface area contributed by atoms with Crippen LogP contribution >= 0.6 is 0 Å². The van der Waals surface area contributed by atoms with Gasteiger partial charge in [0, 0.05) is 20.5 Å². The molecular formula is C14H19NO5S. The first-order chi connectivity index (χ1) is 9.66. The zero-order valence-electron chi connectivity index (χ0n) is 12.3. The maximum absolute atomic E-state index is 12.0. The molecule has 0 saturated heterocycles. The largest absolute Gasteiger partial charge is 0.492 e. The number of sulfonamides is 1. The Morgan fingerprint density at radius 3 is 2.48 bits per heavy atom. The van der Waals surface area contributed by atoms with E-state index in [2.05, 4.69) is 6.58 Å². The lowest BCUT2D eigenvalue weighted by Gasteiger charge is -2.14. The second-order valence-electron chi connectivity index (χ2n) is 4.81. The Morgan fingerprint density at radius 2 is 2.00 bits per heavy atom. The highest BCUT2D eigenvalue weighted by Crippen LogP contribution is 2.24. The van der Waals surface area contributed by atoms with Crippen molar-refractivity contribution in [2.75, 3.05) is 20.7 Å². The summed E-state index contributed by atoms with van der Waals surface area (Å²) >= 11 is 0. The van der Waals surface area contributed by atoms with Crippen LogP contribution < -0.4 is 4.74 Å². The highest BCUT2D eigenvalue weighted by molar-refractivity contribution is 7.89. The lowest BCUT2D eigenvalue weighted by atomic mass is 10.2. The van der Waals surface area contributed by atoms with Crippen molar-refractivity contribution in [3.63, 3.8) is 0 Å². The maximum atomic E-state index is 12.0. The molecule has 0 aliphatic carbocycles. The summed E-state index contributed by atoms with van der Waals surface area (Å²) in [6.07, 6.45) is 0.594. The molecule has 0 aromatic heterocycles. The number of carbonyl (C=O) groups is 1. The Bertz CT molecular complexity index is 649. The normalized spacial score (nSPS) is 11.4. The van der Waals surface area contributed by atoms with Gasteiger partial charge in [-0.15, -0.1) is 6.58 Å². The molecule has 0 saturated carbocycles. The highest BCUT2D eigenvalue weighted by atomic mass is 32.2. The number of ether oxygens (including phenoxy) is 1. The molecule has 1 rings (SSSR count). The van der Waals surface area contributed by atoms with E-state index in [9.17, 15) is 18.3 Å². The van der Waals surface area contributed by atoms with Gasteiger partial charge in [-0.2, -0.15) is 0 Å². The molecule has 0 aliphatic rings. The third-order valence-corrected chi connectivity index (χ3v) is 4.56. The topological polar surface area (TPSA) is 83.9 Å². The summed E-state index contributed by atoms with van der Waals surface area (Å²) in [5.41, 5.74) is 0.735. The Balaban J connectivity index is 3.14. The molecule has 0 aliphatic heterocycles. The molecular weight excluding hydrogens is 294 g/mol. The molecule has 7 heteroatoms. The number of hydrogen-bond acceptors (Lipinski definition) is 4. The van der Waals surface area contributed by atoms with E-state index in [0.717, 1.165) is 15.9 Å². The van der Waals surface area contributed by atoms with Crippen molar-refractivity contribution in [2.45, 2.75) is 18.2 Å². The number of hydrogen-bond donors (Lipinski definition) is 1. The molecule has 1 N–H and O–H groups in total. The van der Waals surface area contributed by atoms with Crippen molar-refractivity contribution in [1.82, 2.24) is 4.31 Å². The van der Waals surface area contributed by atoms with E-state index in [4.69, 9.17) is 4.74 Å². The Kier molecular flexibility index (Phi) is 5.51. The minimum Gasteiger partial charge on any atom is -0.492 e. The van der Waals surface area contributed by atoms with Gasteiger partial charge in [-0.05, 0) is 25.1 Å². The van der Waals surface area contributed by atoms with Gasteiger partial charge in [0.05, 0.1) is 11.5 Å². The summed E-state index contributed by atoms with van der Waals surface area (Å²) < 4.78 is 30.4. The van der Waals surface area contributed by atoms with E-state index in [1.165, 1.54) is 26.2 Å². The van der Waals surface area contributed by atoms with Crippen molar-refractivity contribution in [2.24, 2.45) is 0 Å². The van der Waals surface area contributed by atoms with Crippen LogP contribution in [0.15, 0.2) is 35.2 Å². The molecule has 0 unspecified atom stereocenters. The zero-order valence-corrected chi connectivity index (χ0v) is 13.1. The summed E-state index contributed by atoms with van der Waals surface area (Å²) in [6, 6.07) is 3.80. The summed E-state index contributed by atoms with van der Waals surface area (Å²) in [5.74, 6) is -1.10. The summed E-state index contributed by atoms with van der Waals surface area (Å²) in [4.78, 5) is 11.2. The molecule has 1 aromatic carbocycles. The molecule has 0 bridgehead atoms. The van der Waals surface area contributed by atoms with Crippen LogP contribution in [0.5, 0.6) is 5.75 Å². The third-order valence-electron chi connectivity index (χ3n) is 2.75. The highest BCUT2D eigenvalue weighted by Gasteiger charge is 2.21. The average Bonchev–Trinajstić information content (AvgIpc) is 2.37. The molecule has 21 heavy (non-hydrogen) atoms. The fourth-order valence-electron chi connectivity index (χ4n) is 1.51. The van der Waals surface area contributed by atoms with Gasteiger partial charge >= 0.3 is 5.97 Å². The minimum atomic E-state index is -3.68. The van der Waals surface area contributed by atoms with Crippen LogP contribution in [0.25, 0.3) is 0 Å². The fourth-order valence-corrected chi connectivity index (χ4v) is 2.44. The number of carboxylic acids is 1. The van der Waals surface area contributed by atoms with Gasteiger partial charge in [-0.1, -0.05) is 5.57 Å². The lowest BCUT2D eigenvalue weighted by Crippen LogP contribution is -2.22. The first-order valence-electron chi connectivity index (χ1n) is 6.23. The number of nitrogens with zero attached hydrogens (tertiary/aromatic N) is 1. The Labute approximate surface area is 124 Å². The smallest absolute Gasteiger partial charge is 0.339 e. The van der Waals surface area contributed by atoms with Crippen molar-refractivity contribution in [3.05, 3.63) is 35.9 Å². The van der Waals surface area contributed by atoms with E-state index < -0.39 is 16.0 Å². The van der Waals surface area contributed by atoms with Crippen LogP contribution in [0.2, 0.25) is 0 Å². The van der Waals surface area contributed by atoms with Gasteiger partial charge in [0.2, 0.25) is 10.0 Å². The summed E-state index contributed by atoms with van der Waals surface area (Å²) in [7, 11) is -0.919. The average molecular weight is 313 g/mol. The second kappa shape index (κ2) is 6.73. The van der Waals surface area contributed by atoms with Crippen LogP contribution in [0.3, 0.4) is 0 Å². The van der Waals surface area contributed by atoms with Crippen LogP contribution in [0.1, 0.15) is 23.7 Å². The monoisotopic (exact) mass is 313 g/mol. The first kappa shape index (κ1) is 17.2. The maximum Gasteiger partial charge on any atom is 0.339 e. The predicted octanol–water partition coefficient (Wildman–Crippen LogP) is 1.98. The number of rotatable bonds is 7. The molecule has 0 fully saturated rings. The molecule has 6 nitrogen and oxygen atoms in total. The number of benzene rings is 1. The molecule has 0 radical (unpaired) electrons. The van der Waals surface area contributed by atoms with Gasteiger partial charge in [0.1, 0.15) is 11.3 Å². The predicted molar refractivity (Wildman–Crippen MR) is 79.2 cm³/mol. The Morgan fingerprint density at radius 1 is 1.38 bits per heavy atom. The summed E-state index contributed by atoms with van der Waals surface area (Å²) in [5, 5.41) is 9.20. The fraction of sp³-hybridized carbons (Fsp3) is 0.357. The van der Waals surface area contributed by atoms with E-state index in [-0.39, 0.29) is 22.8 Å². The SMILES string of the molecule is C=C(C)CCOc1ccc(S(=O)(=O)N(C)C)cc1C(=O)O.